The summed E-state index contributed by atoms with van der Waals surface area (Å²) in [6.07, 6.45) is 1.45. The normalized spacial score (nSPS) is 13.0. The highest BCUT2D eigenvalue weighted by Crippen LogP contribution is 2.33. The molecule has 0 radical (unpaired) electrons. The van der Waals surface area contributed by atoms with E-state index in [0.29, 0.717) is 32.5 Å². The van der Waals surface area contributed by atoms with Crippen molar-refractivity contribution in [2.45, 2.75) is 6.92 Å². The van der Waals surface area contributed by atoms with E-state index in [2.05, 4.69) is 20.5 Å². The van der Waals surface area contributed by atoms with E-state index in [1.807, 2.05) is 6.07 Å². The molecule has 4 rings (SSSR count). The van der Waals surface area contributed by atoms with Crippen molar-refractivity contribution in [3.63, 3.8) is 0 Å². The van der Waals surface area contributed by atoms with E-state index >= 15 is 0 Å². The molecule has 29 heavy (non-hydrogen) atoms. The van der Waals surface area contributed by atoms with Gasteiger partial charge in [0.2, 0.25) is 5.12 Å². The van der Waals surface area contributed by atoms with E-state index in [4.69, 9.17) is 5.26 Å². The first-order valence-electron chi connectivity index (χ1n) is 8.42. The predicted molar refractivity (Wildman–Crippen MR) is 109 cm³/mol. The molecule has 146 valence electrons. The molecule has 1 aliphatic heterocycles. The number of thioether (sulfide) groups is 1. The summed E-state index contributed by atoms with van der Waals surface area (Å²) >= 11 is 2.24. The van der Waals surface area contributed by atoms with Gasteiger partial charge in [-0.05, 0) is 25.1 Å². The summed E-state index contributed by atoms with van der Waals surface area (Å²) in [5.41, 5.74) is 1.82. The Morgan fingerprint density at radius 3 is 3.10 bits per heavy atom. The second-order valence-corrected chi connectivity index (χ2v) is 8.09. The summed E-state index contributed by atoms with van der Waals surface area (Å²) in [6, 6.07) is 6.54. The number of thiazole rings is 1. The van der Waals surface area contributed by atoms with Crippen LogP contribution in [0.2, 0.25) is 0 Å². The summed E-state index contributed by atoms with van der Waals surface area (Å²) in [7, 11) is 0. The van der Waals surface area contributed by atoms with Crippen LogP contribution in [-0.4, -0.2) is 48.8 Å². The van der Waals surface area contributed by atoms with E-state index in [1.165, 1.54) is 34.6 Å². The van der Waals surface area contributed by atoms with E-state index < -0.39 is 0 Å². The molecule has 0 saturated heterocycles. The largest absolute Gasteiger partial charge is 0.507 e. The van der Waals surface area contributed by atoms with Gasteiger partial charge in [-0.25, -0.2) is 4.98 Å². The molecule has 3 aromatic rings. The molecule has 0 aliphatic carbocycles. The van der Waals surface area contributed by atoms with Crippen LogP contribution in [0.4, 0.5) is 5.82 Å². The minimum atomic E-state index is -0.192. The smallest absolute Gasteiger partial charge is 0.261 e. The van der Waals surface area contributed by atoms with Crippen molar-refractivity contribution < 1.29 is 14.7 Å². The number of amides is 1. The molecule has 0 unspecified atom stereocenters. The number of phenols is 1. The van der Waals surface area contributed by atoms with Crippen molar-refractivity contribution in [3.05, 3.63) is 46.1 Å². The Hall–Kier alpha value is -3.36. The highest BCUT2D eigenvalue weighted by atomic mass is 32.2. The Labute approximate surface area is 173 Å². The van der Waals surface area contributed by atoms with E-state index in [9.17, 15) is 14.7 Å². The molecule has 2 aromatic heterocycles. The maximum atomic E-state index is 12.7. The Balaban J connectivity index is 1.48. The maximum absolute atomic E-state index is 12.7. The summed E-state index contributed by atoms with van der Waals surface area (Å²) in [6.45, 7) is 2.02. The van der Waals surface area contributed by atoms with Gasteiger partial charge in [-0.15, -0.1) is 11.3 Å². The van der Waals surface area contributed by atoms with Crippen LogP contribution in [0.25, 0.3) is 10.6 Å². The van der Waals surface area contributed by atoms with Crippen molar-refractivity contribution in [2.24, 2.45) is 0 Å². The number of aromatic amines is 1. The molecule has 0 fully saturated rings. The fourth-order valence-electron chi connectivity index (χ4n) is 2.77. The number of hydrogen-bond acceptors (Lipinski definition) is 9. The van der Waals surface area contributed by atoms with Gasteiger partial charge in [0.1, 0.15) is 33.1 Å². The summed E-state index contributed by atoms with van der Waals surface area (Å²) in [5.74, 6) is 0.482. The van der Waals surface area contributed by atoms with Gasteiger partial charge in [0.05, 0.1) is 30.0 Å². The molecule has 0 bridgehead atoms. The zero-order chi connectivity index (χ0) is 20.5. The van der Waals surface area contributed by atoms with E-state index in [0.717, 1.165) is 11.8 Å². The van der Waals surface area contributed by atoms with Crippen molar-refractivity contribution in [1.29, 1.82) is 5.26 Å². The fourth-order valence-corrected chi connectivity index (χ4v) is 4.73. The number of aromatic hydroxyl groups is 1. The third kappa shape index (κ3) is 3.55. The molecule has 0 atom stereocenters. The average molecular weight is 426 g/mol. The number of H-pyrrole nitrogens is 1. The zero-order valence-electron chi connectivity index (χ0n) is 15.1. The van der Waals surface area contributed by atoms with Crippen LogP contribution in [0, 0.1) is 18.3 Å². The highest BCUT2D eigenvalue weighted by Gasteiger charge is 2.27. The molecule has 0 spiro atoms. The maximum Gasteiger partial charge on any atom is 0.261 e. The van der Waals surface area contributed by atoms with Gasteiger partial charge in [0, 0.05) is 5.56 Å². The number of carbonyl (C=O) groups is 2. The number of nitrogens with one attached hydrogen (secondary N) is 2. The van der Waals surface area contributed by atoms with Crippen molar-refractivity contribution in [3.8, 4) is 22.4 Å². The molecule has 9 nitrogen and oxygen atoms in total. The molecule has 3 N–H and O–H groups in total. The van der Waals surface area contributed by atoms with Crippen LogP contribution >= 0.6 is 23.1 Å². The molecule has 3 heterocycles. The standard InChI is InChI=1S/C18H14N6O3S2/c1-9-14(29-16(22-9)10-2-3-13(25)11(4-10)5-19)18(27)28-8-24-7-20-15-12(17(24)26)6-21-23-15/h2-4,6,25H,7-8H2,1H3,(H2,20,21,23). The first-order chi connectivity index (χ1) is 14.0. The average Bonchev–Trinajstić information content (AvgIpc) is 3.35. The minimum Gasteiger partial charge on any atom is -0.507 e. The lowest BCUT2D eigenvalue weighted by Crippen LogP contribution is -2.39. The first-order valence-corrected chi connectivity index (χ1v) is 10.2. The lowest BCUT2D eigenvalue weighted by atomic mass is 10.1. The Bertz CT molecular complexity index is 1160. The fraction of sp³-hybridized carbons (Fsp3) is 0.167. The molecule has 1 aliphatic rings. The number of benzene rings is 1. The van der Waals surface area contributed by atoms with Crippen LogP contribution < -0.4 is 5.32 Å². The van der Waals surface area contributed by atoms with Gasteiger partial charge < -0.3 is 15.3 Å². The number of carbonyl (C=O) groups excluding carboxylic acids is 2. The second-order valence-electron chi connectivity index (χ2n) is 6.18. The SMILES string of the molecule is Cc1nc(-c2ccc(O)c(C#N)c2)sc1C(=O)SCN1CNc2[nH]ncc2C1=O. The van der Waals surface area contributed by atoms with Gasteiger partial charge in [-0.3, -0.25) is 14.7 Å². The van der Waals surface area contributed by atoms with Gasteiger partial charge >= 0.3 is 0 Å². The molecular formula is C18H14N6O3S2. The van der Waals surface area contributed by atoms with E-state index in [-0.39, 0.29) is 34.9 Å². The molecule has 1 amide bonds. The third-order valence-electron chi connectivity index (χ3n) is 4.30. The summed E-state index contributed by atoms with van der Waals surface area (Å²) < 4.78 is 0. The molecule has 1 aromatic carbocycles. The van der Waals surface area contributed by atoms with Crippen LogP contribution in [0.5, 0.6) is 5.75 Å². The van der Waals surface area contributed by atoms with Gasteiger partial charge in [0.15, 0.2) is 0 Å². The second kappa shape index (κ2) is 7.57. The highest BCUT2D eigenvalue weighted by molar-refractivity contribution is 8.14. The molecule has 11 heteroatoms. The van der Waals surface area contributed by atoms with Crippen molar-refractivity contribution in [1.82, 2.24) is 20.1 Å². The number of rotatable bonds is 4. The van der Waals surface area contributed by atoms with Gasteiger partial charge in [-0.2, -0.15) is 10.4 Å². The summed E-state index contributed by atoms with van der Waals surface area (Å²) in [5, 5.41) is 28.7. The van der Waals surface area contributed by atoms with Gasteiger partial charge in [0.25, 0.3) is 5.91 Å². The number of aromatic nitrogens is 3. The van der Waals surface area contributed by atoms with Crippen LogP contribution in [0.3, 0.4) is 0 Å². The molecule has 0 saturated carbocycles. The van der Waals surface area contributed by atoms with Crippen LogP contribution in [0.1, 0.15) is 31.3 Å². The quantitative estimate of drug-likeness (QED) is 0.580. The monoisotopic (exact) mass is 426 g/mol. The lowest BCUT2D eigenvalue weighted by Gasteiger charge is -2.26. The zero-order valence-corrected chi connectivity index (χ0v) is 16.7. The minimum absolute atomic E-state index is 0.100. The number of phenolic OH excluding ortho intramolecular Hbond substituents is 1. The van der Waals surface area contributed by atoms with Gasteiger partial charge in [-0.1, -0.05) is 11.8 Å². The summed E-state index contributed by atoms with van der Waals surface area (Å²) in [4.78, 5) is 31.5. The number of hydrogen-bond donors (Lipinski definition) is 3. The Morgan fingerprint density at radius 2 is 2.31 bits per heavy atom. The number of nitriles is 1. The number of aryl methyl sites for hydroxylation is 1. The Morgan fingerprint density at radius 1 is 1.48 bits per heavy atom. The Kier molecular flexibility index (Phi) is 4.96. The lowest BCUT2D eigenvalue weighted by molar-refractivity contribution is 0.0788. The molecular weight excluding hydrogens is 412 g/mol. The van der Waals surface area contributed by atoms with Crippen molar-refractivity contribution >= 4 is 39.9 Å². The predicted octanol–water partition coefficient (Wildman–Crippen LogP) is 2.78. The van der Waals surface area contributed by atoms with E-state index in [1.54, 1.807) is 13.0 Å². The topological polar surface area (TPSA) is 135 Å². The van der Waals surface area contributed by atoms with Crippen LogP contribution in [0.15, 0.2) is 24.4 Å². The number of anilines is 1. The number of fused-ring (bicyclic) bond motifs is 1. The first kappa shape index (κ1) is 19.0. The van der Waals surface area contributed by atoms with Crippen LogP contribution in [-0.2, 0) is 0 Å². The number of nitrogens with zero attached hydrogens (tertiary/aromatic N) is 4. The third-order valence-corrected chi connectivity index (χ3v) is 6.54. The van der Waals surface area contributed by atoms with Crippen molar-refractivity contribution in [2.75, 3.05) is 17.9 Å².